The monoisotopic (exact) mass is 352 g/mol. The van der Waals surface area contributed by atoms with E-state index in [9.17, 15) is 4.79 Å². The second-order valence-electron chi connectivity index (χ2n) is 6.80. The van der Waals surface area contributed by atoms with Crippen molar-refractivity contribution in [3.8, 4) is 22.0 Å². The summed E-state index contributed by atoms with van der Waals surface area (Å²) in [5.74, 6) is -0.00460. The Morgan fingerprint density at radius 1 is 1.12 bits per heavy atom. The largest absolute Gasteiger partial charge is 0.326 e. The number of benzene rings is 1. The molecule has 0 atom stereocenters. The molecule has 0 unspecified atom stereocenters. The first-order valence-electron chi connectivity index (χ1n) is 8.00. The van der Waals surface area contributed by atoms with E-state index in [-0.39, 0.29) is 5.91 Å². The molecule has 0 aliphatic carbocycles. The van der Waals surface area contributed by atoms with Crippen molar-refractivity contribution in [2.75, 3.05) is 5.32 Å². The van der Waals surface area contributed by atoms with E-state index in [1.165, 1.54) is 0 Å². The number of carbonyl (C=O) groups excluding carboxylic acids is 1. The van der Waals surface area contributed by atoms with Crippen LogP contribution in [-0.2, 0) is 4.79 Å². The third kappa shape index (κ3) is 3.91. The number of carbonyl (C=O) groups is 1. The Labute approximate surface area is 151 Å². The molecule has 0 saturated heterocycles. The van der Waals surface area contributed by atoms with Gasteiger partial charge in [-0.3, -0.25) is 14.8 Å². The second kappa shape index (κ2) is 6.72. The van der Waals surface area contributed by atoms with Crippen molar-refractivity contribution in [2.45, 2.75) is 27.7 Å². The number of thiazole rings is 1. The van der Waals surface area contributed by atoms with Crippen molar-refractivity contribution in [3.05, 3.63) is 47.7 Å². The van der Waals surface area contributed by atoms with E-state index in [0.717, 1.165) is 32.5 Å². The van der Waals surface area contributed by atoms with Gasteiger partial charge in [0.1, 0.15) is 10.7 Å². The summed E-state index contributed by atoms with van der Waals surface area (Å²) in [7, 11) is 0. The van der Waals surface area contributed by atoms with Crippen LogP contribution in [-0.4, -0.2) is 20.9 Å². The van der Waals surface area contributed by atoms with Crippen LogP contribution < -0.4 is 5.32 Å². The maximum atomic E-state index is 12.1. The van der Waals surface area contributed by atoms with Crippen LogP contribution in [0.15, 0.2) is 42.9 Å². The van der Waals surface area contributed by atoms with E-state index >= 15 is 0 Å². The summed E-state index contributed by atoms with van der Waals surface area (Å²) >= 11 is 1.60. The summed E-state index contributed by atoms with van der Waals surface area (Å²) in [5.41, 5.74) is 3.08. The number of aromatic nitrogens is 3. The highest BCUT2D eigenvalue weighted by Gasteiger charge is 2.21. The molecule has 0 spiro atoms. The van der Waals surface area contributed by atoms with Gasteiger partial charge in [0.05, 0.1) is 11.9 Å². The van der Waals surface area contributed by atoms with Crippen LogP contribution >= 0.6 is 11.3 Å². The Kier molecular flexibility index (Phi) is 4.63. The number of aryl methyl sites for hydroxylation is 1. The second-order valence-corrected chi connectivity index (χ2v) is 8.00. The Balaban J connectivity index is 1.84. The lowest BCUT2D eigenvalue weighted by Crippen LogP contribution is -2.27. The van der Waals surface area contributed by atoms with E-state index in [1.807, 2.05) is 52.0 Å². The predicted molar refractivity (Wildman–Crippen MR) is 101 cm³/mol. The van der Waals surface area contributed by atoms with E-state index in [4.69, 9.17) is 4.98 Å². The average molecular weight is 352 g/mol. The molecular weight excluding hydrogens is 332 g/mol. The van der Waals surface area contributed by atoms with Gasteiger partial charge in [-0.2, -0.15) is 0 Å². The highest BCUT2D eigenvalue weighted by Crippen LogP contribution is 2.32. The van der Waals surface area contributed by atoms with Gasteiger partial charge in [0.25, 0.3) is 0 Å². The summed E-state index contributed by atoms with van der Waals surface area (Å²) < 4.78 is 0. The zero-order valence-corrected chi connectivity index (χ0v) is 15.5. The first kappa shape index (κ1) is 17.2. The number of anilines is 1. The van der Waals surface area contributed by atoms with E-state index in [0.29, 0.717) is 0 Å². The number of nitrogens with zero attached hydrogens (tertiary/aromatic N) is 3. The molecule has 1 amide bonds. The third-order valence-corrected chi connectivity index (χ3v) is 4.67. The van der Waals surface area contributed by atoms with Crippen molar-refractivity contribution >= 4 is 22.9 Å². The van der Waals surface area contributed by atoms with E-state index in [2.05, 4.69) is 15.3 Å². The van der Waals surface area contributed by atoms with Gasteiger partial charge in [0, 0.05) is 33.9 Å². The zero-order chi connectivity index (χ0) is 18.0. The molecule has 0 aliphatic rings. The van der Waals surface area contributed by atoms with Crippen molar-refractivity contribution in [2.24, 2.45) is 5.41 Å². The normalized spacial score (nSPS) is 11.4. The average Bonchev–Trinajstić information content (AvgIpc) is 2.97. The number of nitrogens with one attached hydrogen (secondary N) is 1. The van der Waals surface area contributed by atoms with Gasteiger partial charge in [-0.05, 0) is 19.1 Å². The molecule has 1 aromatic carbocycles. The number of amides is 1. The minimum absolute atomic E-state index is 0.00460. The summed E-state index contributed by atoms with van der Waals surface area (Å²) in [4.78, 5) is 26.3. The predicted octanol–water partition coefficient (Wildman–Crippen LogP) is 4.56. The molecule has 0 radical (unpaired) electrons. The molecule has 0 aliphatic heterocycles. The quantitative estimate of drug-likeness (QED) is 0.750. The lowest BCUT2D eigenvalue weighted by molar-refractivity contribution is -0.123. The highest BCUT2D eigenvalue weighted by molar-refractivity contribution is 7.15. The molecule has 6 heteroatoms. The van der Waals surface area contributed by atoms with Gasteiger partial charge < -0.3 is 5.32 Å². The van der Waals surface area contributed by atoms with Gasteiger partial charge >= 0.3 is 0 Å². The van der Waals surface area contributed by atoms with Crippen molar-refractivity contribution in [1.82, 2.24) is 15.0 Å². The lowest BCUT2D eigenvalue weighted by atomic mass is 9.95. The van der Waals surface area contributed by atoms with Crippen LogP contribution in [0.25, 0.3) is 22.0 Å². The molecule has 3 rings (SSSR count). The van der Waals surface area contributed by atoms with E-state index in [1.54, 1.807) is 29.9 Å². The molecule has 2 aromatic heterocycles. The highest BCUT2D eigenvalue weighted by atomic mass is 32.1. The molecule has 25 heavy (non-hydrogen) atoms. The fourth-order valence-corrected chi connectivity index (χ4v) is 3.11. The third-order valence-electron chi connectivity index (χ3n) is 3.68. The Morgan fingerprint density at radius 3 is 2.44 bits per heavy atom. The van der Waals surface area contributed by atoms with Crippen molar-refractivity contribution in [3.63, 3.8) is 0 Å². The lowest BCUT2D eigenvalue weighted by Gasteiger charge is -2.17. The first-order chi connectivity index (χ1) is 11.8. The van der Waals surface area contributed by atoms with Gasteiger partial charge in [0.2, 0.25) is 5.91 Å². The van der Waals surface area contributed by atoms with Crippen LogP contribution in [0.4, 0.5) is 5.69 Å². The zero-order valence-electron chi connectivity index (χ0n) is 14.7. The van der Waals surface area contributed by atoms with Crippen molar-refractivity contribution in [1.29, 1.82) is 0 Å². The minimum Gasteiger partial charge on any atom is -0.326 e. The molecule has 128 valence electrons. The number of hydrogen-bond acceptors (Lipinski definition) is 5. The van der Waals surface area contributed by atoms with Gasteiger partial charge in [-0.1, -0.05) is 32.9 Å². The molecular formula is C19H20N4OS. The smallest absolute Gasteiger partial charge is 0.229 e. The first-order valence-corrected chi connectivity index (χ1v) is 8.82. The molecule has 5 nitrogen and oxygen atoms in total. The SMILES string of the molecule is Cc1sc(-c2cnccn2)nc1-c1ccc(NC(=O)C(C)(C)C)cc1. The van der Waals surface area contributed by atoms with Gasteiger partial charge in [-0.25, -0.2) is 4.98 Å². The van der Waals surface area contributed by atoms with Crippen LogP contribution in [0.1, 0.15) is 25.6 Å². The summed E-state index contributed by atoms with van der Waals surface area (Å²) in [6, 6.07) is 7.75. The maximum Gasteiger partial charge on any atom is 0.229 e. The summed E-state index contributed by atoms with van der Waals surface area (Å²) in [6.07, 6.45) is 5.03. The summed E-state index contributed by atoms with van der Waals surface area (Å²) in [6.45, 7) is 7.72. The van der Waals surface area contributed by atoms with Crippen molar-refractivity contribution < 1.29 is 4.79 Å². The molecule has 0 saturated carbocycles. The molecule has 3 aromatic rings. The Morgan fingerprint density at radius 2 is 1.84 bits per heavy atom. The summed E-state index contributed by atoms with van der Waals surface area (Å²) in [5, 5.41) is 3.78. The molecule has 1 N–H and O–H groups in total. The van der Waals surface area contributed by atoms with Gasteiger partial charge in [0.15, 0.2) is 0 Å². The van der Waals surface area contributed by atoms with E-state index < -0.39 is 5.41 Å². The minimum atomic E-state index is -0.421. The Hall–Kier alpha value is -2.60. The number of hydrogen-bond donors (Lipinski definition) is 1. The molecule has 0 bridgehead atoms. The molecule has 0 fully saturated rings. The standard InChI is InChI=1S/C19H20N4OS/c1-12-16(23-17(25-12)15-11-20-9-10-21-15)13-5-7-14(8-6-13)22-18(24)19(2,3)4/h5-11H,1-4H3,(H,22,24). The van der Waals surface area contributed by atoms with Crippen LogP contribution in [0.2, 0.25) is 0 Å². The van der Waals surface area contributed by atoms with Gasteiger partial charge in [-0.15, -0.1) is 11.3 Å². The van der Waals surface area contributed by atoms with Crippen LogP contribution in [0.5, 0.6) is 0 Å². The molecule has 2 heterocycles. The fraction of sp³-hybridized carbons (Fsp3) is 0.263. The topological polar surface area (TPSA) is 67.8 Å². The Bertz CT molecular complexity index is 880. The fourth-order valence-electron chi connectivity index (χ4n) is 2.21. The van der Waals surface area contributed by atoms with Crippen LogP contribution in [0, 0.1) is 12.3 Å². The number of rotatable bonds is 3. The van der Waals surface area contributed by atoms with Crippen LogP contribution in [0.3, 0.4) is 0 Å². The maximum absolute atomic E-state index is 12.1.